The lowest BCUT2D eigenvalue weighted by Gasteiger charge is -2.13. The molecule has 1 N–H and O–H groups in total. The Kier molecular flexibility index (Phi) is 6.74. The van der Waals surface area contributed by atoms with Gasteiger partial charge in [0.15, 0.2) is 11.5 Å². The first-order valence-corrected chi connectivity index (χ1v) is 12.1. The highest BCUT2D eigenvalue weighted by Crippen LogP contribution is 2.28. The molecular weight excluding hydrogens is 486 g/mol. The van der Waals surface area contributed by atoms with E-state index in [-0.39, 0.29) is 18.0 Å². The molecule has 3 aromatic carbocycles. The van der Waals surface area contributed by atoms with Gasteiger partial charge in [-0.3, -0.25) is 14.2 Å². The van der Waals surface area contributed by atoms with Crippen LogP contribution < -0.4 is 26.0 Å². The smallest absolute Gasteiger partial charge is 0.336 e. The number of hydrogen-bond acceptors (Lipinski definition) is 6. The van der Waals surface area contributed by atoms with Gasteiger partial charge in [-0.05, 0) is 55.3 Å². The van der Waals surface area contributed by atoms with E-state index in [9.17, 15) is 14.4 Å². The molecule has 1 amide bonds. The minimum absolute atomic E-state index is 0.0181. The number of carbonyl (C=O) groups is 1. The molecule has 0 spiro atoms. The van der Waals surface area contributed by atoms with Crippen molar-refractivity contribution in [3.05, 3.63) is 98.7 Å². The van der Waals surface area contributed by atoms with Crippen LogP contribution in [0, 0.1) is 6.92 Å². The highest BCUT2D eigenvalue weighted by molar-refractivity contribution is 6.02. The summed E-state index contributed by atoms with van der Waals surface area (Å²) in [4.78, 5) is 40.1. The second-order valence-electron chi connectivity index (χ2n) is 8.91. The van der Waals surface area contributed by atoms with E-state index in [0.29, 0.717) is 46.6 Å². The predicted molar refractivity (Wildman–Crippen MR) is 145 cm³/mol. The number of hydrogen-bond donors (Lipinski definition) is 1. The number of aromatic nitrogens is 2. The van der Waals surface area contributed by atoms with Gasteiger partial charge in [-0.1, -0.05) is 35.9 Å². The summed E-state index contributed by atoms with van der Waals surface area (Å²) in [5.41, 5.74) is 1.93. The Hall–Kier alpha value is -4.79. The molecule has 0 aliphatic rings. The first-order chi connectivity index (χ1) is 18.4. The zero-order chi connectivity index (χ0) is 26.8. The van der Waals surface area contributed by atoms with Gasteiger partial charge in [0.25, 0.3) is 0 Å². The number of carbonyl (C=O) groups excluding carboxylic acids is 1. The van der Waals surface area contributed by atoms with Crippen LogP contribution in [0.25, 0.3) is 27.8 Å². The van der Waals surface area contributed by atoms with Crippen molar-refractivity contribution >= 4 is 28.0 Å². The number of fused-ring (bicyclic) bond motifs is 3. The average Bonchev–Trinajstić information content (AvgIpc) is 3.32. The average molecular weight is 514 g/mol. The van der Waals surface area contributed by atoms with Gasteiger partial charge in [-0.2, -0.15) is 0 Å². The molecule has 0 bridgehead atoms. The third-order valence-electron chi connectivity index (χ3n) is 6.44. The molecule has 5 rings (SSSR count). The summed E-state index contributed by atoms with van der Waals surface area (Å²) < 4.78 is 18.8. The van der Waals surface area contributed by atoms with E-state index in [1.165, 1.54) is 4.57 Å². The lowest BCUT2D eigenvalue weighted by molar-refractivity contribution is -0.121. The van der Waals surface area contributed by atoms with E-state index in [1.54, 1.807) is 50.6 Å². The summed E-state index contributed by atoms with van der Waals surface area (Å²) in [7, 11) is 3.14. The Morgan fingerprint density at radius 3 is 2.42 bits per heavy atom. The van der Waals surface area contributed by atoms with Crippen molar-refractivity contribution in [2.75, 3.05) is 20.8 Å². The number of nitrogens with zero attached hydrogens (tertiary/aromatic N) is 2. The van der Waals surface area contributed by atoms with Gasteiger partial charge in [0.2, 0.25) is 11.5 Å². The Morgan fingerprint density at radius 1 is 0.947 bits per heavy atom. The van der Waals surface area contributed by atoms with Crippen LogP contribution in [-0.4, -0.2) is 35.8 Å². The highest BCUT2D eigenvalue weighted by atomic mass is 16.5. The topological polar surface area (TPSA) is 105 Å². The van der Waals surface area contributed by atoms with Crippen LogP contribution >= 0.6 is 0 Å². The molecule has 9 heteroatoms. The molecule has 0 aliphatic heterocycles. The van der Waals surface area contributed by atoms with Crippen molar-refractivity contribution in [1.82, 2.24) is 14.5 Å². The van der Waals surface area contributed by atoms with E-state index >= 15 is 0 Å². The molecule has 2 heterocycles. The predicted octanol–water partition coefficient (Wildman–Crippen LogP) is 3.58. The summed E-state index contributed by atoms with van der Waals surface area (Å²) in [5, 5.41) is 3.46. The van der Waals surface area contributed by atoms with Crippen LogP contribution in [-0.2, 0) is 17.8 Å². The molecule has 0 radical (unpaired) electrons. The third-order valence-corrected chi connectivity index (χ3v) is 6.44. The number of ether oxygens (including phenoxy) is 2. The standard InChI is InChI=1S/C29H27N3O6/c1-18-8-11-20(12-9-18)32-28(34)27-26(21-6-4-5-7-22(21)38-27)31(29(32)35)17-25(33)30-15-14-19-10-13-23(36-2)24(16-19)37-3/h4-13,16H,14-15,17H2,1-3H3,(H,30,33). The van der Waals surface area contributed by atoms with Gasteiger partial charge in [-0.15, -0.1) is 0 Å². The Balaban J connectivity index is 1.48. The molecule has 5 aromatic rings. The second kappa shape index (κ2) is 10.3. The van der Waals surface area contributed by atoms with Gasteiger partial charge in [0.1, 0.15) is 17.6 Å². The number of amides is 1. The van der Waals surface area contributed by atoms with E-state index in [1.807, 2.05) is 37.3 Å². The first kappa shape index (κ1) is 24.9. The number of benzene rings is 3. The minimum atomic E-state index is -0.618. The lowest BCUT2D eigenvalue weighted by Crippen LogP contribution is -2.41. The maximum atomic E-state index is 13.7. The van der Waals surface area contributed by atoms with Crippen molar-refractivity contribution < 1.29 is 18.7 Å². The summed E-state index contributed by atoms with van der Waals surface area (Å²) >= 11 is 0. The van der Waals surface area contributed by atoms with Crippen LogP contribution in [0.1, 0.15) is 11.1 Å². The maximum absolute atomic E-state index is 13.7. The Morgan fingerprint density at radius 2 is 1.68 bits per heavy atom. The quantitative estimate of drug-likeness (QED) is 0.340. The Labute approximate surface area is 217 Å². The summed E-state index contributed by atoms with van der Waals surface area (Å²) in [6, 6.07) is 19.7. The fraction of sp³-hybridized carbons (Fsp3) is 0.207. The van der Waals surface area contributed by atoms with Crippen molar-refractivity contribution in [3.8, 4) is 17.2 Å². The summed E-state index contributed by atoms with van der Waals surface area (Å²) in [6.45, 7) is 1.98. The van der Waals surface area contributed by atoms with E-state index in [2.05, 4.69) is 5.32 Å². The molecule has 0 aliphatic carbocycles. The minimum Gasteiger partial charge on any atom is -0.493 e. The largest absolute Gasteiger partial charge is 0.493 e. The maximum Gasteiger partial charge on any atom is 0.336 e. The molecule has 38 heavy (non-hydrogen) atoms. The number of para-hydroxylation sites is 1. The molecule has 0 saturated heterocycles. The third kappa shape index (κ3) is 4.54. The van der Waals surface area contributed by atoms with Gasteiger partial charge >= 0.3 is 11.2 Å². The Bertz CT molecular complexity index is 1760. The molecule has 2 aromatic heterocycles. The molecule has 0 atom stereocenters. The van der Waals surface area contributed by atoms with E-state index in [4.69, 9.17) is 13.9 Å². The van der Waals surface area contributed by atoms with Crippen LogP contribution in [0.2, 0.25) is 0 Å². The summed E-state index contributed by atoms with van der Waals surface area (Å²) in [6.07, 6.45) is 0.550. The first-order valence-electron chi connectivity index (χ1n) is 12.1. The summed E-state index contributed by atoms with van der Waals surface area (Å²) in [5.74, 6) is 0.864. The SMILES string of the molecule is COc1ccc(CCNC(=O)Cn2c(=O)n(-c3ccc(C)cc3)c(=O)c3oc4ccccc4c32)cc1OC. The van der Waals surface area contributed by atoms with Crippen LogP contribution in [0.3, 0.4) is 0 Å². The number of rotatable bonds is 8. The number of methoxy groups -OCH3 is 2. The molecule has 194 valence electrons. The van der Waals surface area contributed by atoms with Gasteiger partial charge in [0, 0.05) is 11.9 Å². The van der Waals surface area contributed by atoms with Gasteiger partial charge in [0.05, 0.1) is 19.9 Å². The number of aryl methyl sites for hydroxylation is 1. The molecule has 0 fully saturated rings. The normalized spacial score (nSPS) is 11.1. The zero-order valence-corrected chi connectivity index (χ0v) is 21.3. The van der Waals surface area contributed by atoms with Gasteiger partial charge in [-0.25, -0.2) is 9.36 Å². The fourth-order valence-corrected chi connectivity index (χ4v) is 4.50. The number of furan rings is 1. The molecular formula is C29H27N3O6. The zero-order valence-electron chi connectivity index (χ0n) is 21.3. The fourth-order valence-electron chi connectivity index (χ4n) is 4.50. The van der Waals surface area contributed by atoms with E-state index in [0.717, 1.165) is 15.7 Å². The highest BCUT2D eigenvalue weighted by Gasteiger charge is 2.22. The van der Waals surface area contributed by atoms with Gasteiger partial charge < -0.3 is 19.2 Å². The second-order valence-corrected chi connectivity index (χ2v) is 8.91. The number of nitrogens with one attached hydrogen (secondary N) is 1. The monoisotopic (exact) mass is 513 g/mol. The molecule has 0 unspecified atom stereocenters. The lowest BCUT2D eigenvalue weighted by atomic mass is 10.1. The van der Waals surface area contributed by atoms with Crippen LogP contribution in [0.15, 0.2) is 80.7 Å². The van der Waals surface area contributed by atoms with Crippen molar-refractivity contribution in [2.45, 2.75) is 19.9 Å². The molecule has 9 nitrogen and oxygen atoms in total. The van der Waals surface area contributed by atoms with Crippen molar-refractivity contribution in [2.24, 2.45) is 0 Å². The van der Waals surface area contributed by atoms with Crippen molar-refractivity contribution in [1.29, 1.82) is 0 Å². The van der Waals surface area contributed by atoms with Crippen molar-refractivity contribution in [3.63, 3.8) is 0 Å². The molecule has 0 saturated carbocycles. The van der Waals surface area contributed by atoms with E-state index < -0.39 is 11.2 Å². The van der Waals surface area contributed by atoms with Crippen LogP contribution in [0.4, 0.5) is 0 Å². The van der Waals surface area contributed by atoms with Crippen LogP contribution in [0.5, 0.6) is 11.5 Å².